The van der Waals surface area contributed by atoms with Crippen LogP contribution in [0.25, 0.3) is 0 Å². The van der Waals surface area contributed by atoms with Crippen LogP contribution in [-0.4, -0.2) is 54.4 Å². The SMILES string of the molecule is O=C(CCNC(=O)NC1(C(=O)O)CCOC1)NC1CC1. The minimum Gasteiger partial charge on any atom is -0.479 e. The molecule has 112 valence electrons. The number of carbonyl (C=O) groups excluding carboxylic acids is 2. The molecule has 0 aromatic rings. The molecule has 1 saturated carbocycles. The summed E-state index contributed by atoms with van der Waals surface area (Å²) in [7, 11) is 0. The highest BCUT2D eigenvalue weighted by molar-refractivity contribution is 5.87. The van der Waals surface area contributed by atoms with Gasteiger partial charge in [0.1, 0.15) is 0 Å². The lowest BCUT2D eigenvalue weighted by Gasteiger charge is -2.23. The van der Waals surface area contributed by atoms with Gasteiger partial charge < -0.3 is 25.8 Å². The summed E-state index contributed by atoms with van der Waals surface area (Å²) in [5.74, 6) is -1.22. The summed E-state index contributed by atoms with van der Waals surface area (Å²) < 4.78 is 5.03. The third-order valence-corrected chi connectivity index (χ3v) is 3.36. The quantitative estimate of drug-likeness (QED) is 0.509. The van der Waals surface area contributed by atoms with E-state index in [2.05, 4.69) is 16.0 Å². The Morgan fingerprint density at radius 2 is 2.05 bits per heavy atom. The molecule has 4 N–H and O–H groups in total. The van der Waals surface area contributed by atoms with Crippen LogP contribution >= 0.6 is 0 Å². The Labute approximate surface area is 116 Å². The zero-order chi connectivity index (χ0) is 14.6. The number of hydrogen-bond acceptors (Lipinski definition) is 4. The number of amides is 3. The smallest absolute Gasteiger partial charge is 0.332 e. The average molecular weight is 285 g/mol. The molecule has 2 fully saturated rings. The molecule has 0 radical (unpaired) electrons. The zero-order valence-corrected chi connectivity index (χ0v) is 11.1. The van der Waals surface area contributed by atoms with E-state index >= 15 is 0 Å². The van der Waals surface area contributed by atoms with Crippen LogP contribution in [0.2, 0.25) is 0 Å². The average Bonchev–Trinajstić information content (AvgIpc) is 3.05. The second-order valence-corrected chi connectivity index (χ2v) is 5.16. The number of aliphatic carboxylic acids is 1. The Bertz CT molecular complexity index is 402. The summed E-state index contributed by atoms with van der Waals surface area (Å²) in [4.78, 5) is 34.2. The summed E-state index contributed by atoms with van der Waals surface area (Å²) in [6.07, 6.45) is 2.44. The molecule has 8 heteroatoms. The molecule has 20 heavy (non-hydrogen) atoms. The van der Waals surface area contributed by atoms with Crippen molar-refractivity contribution in [3.05, 3.63) is 0 Å². The van der Waals surface area contributed by atoms with Gasteiger partial charge in [-0.15, -0.1) is 0 Å². The van der Waals surface area contributed by atoms with Crippen LogP contribution < -0.4 is 16.0 Å². The van der Waals surface area contributed by atoms with Crippen molar-refractivity contribution in [2.24, 2.45) is 0 Å². The molecule has 2 aliphatic rings. The Balaban J connectivity index is 1.68. The van der Waals surface area contributed by atoms with E-state index in [0.29, 0.717) is 12.6 Å². The Kier molecular flexibility index (Phi) is 4.43. The van der Waals surface area contributed by atoms with E-state index in [4.69, 9.17) is 9.84 Å². The topological polar surface area (TPSA) is 117 Å². The van der Waals surface area contributed by atoms with Gasteiger partial charge in [0.25, 0.3) is 0 Å². The van der Waals surface area contributed by atoms with Crippen LogP contribution in [-0.2, 0) is 14.3 Å². The number of rotatable bonds is 6. The molecule has 8 nitrogen and oxygen atoms in total. The monoisotopic (exact) mass is 285 g/mol. The highest BCUT2D eigenvalue weighted by Gasteiger charge is 2.43. The molecule has 1 aliphatic heterocycles. The van der Waals surface area contributed by atoms with Crippen LogP contribution in [0.4, 0.5) is 4.79 Å². The van der Waals surface area contributed by atoms with Crippen molar-refractivity contribution in [3.63, 3.8) is 0 Å². The second-order valence-electron chi connectivity index (χ2n) is 5.16. The van der Waals surface area contributed by atoms with Crippen molar-refractivity contribution in [2.75, 3.05) is 19.8 Å². The molecule has 0 spiro atoms. The number of urea groups is 1. The molecule has 0 aromatic carbocycles. The van der Waals surface area contributed by atoms with E-state index in [9.17, 15) is 14.4 Å². The predicted octanol–water partition coefficient (Wildman–Crippen LogP) is -0.802. The first-order valence-corrected chi connectivity index (χ1v) is 6.68. The summed E-state index contributed by atoms with van der Waals surface area (Å²) >= 11 is 0. The minimum absolute atomic E-state index is 0.0437. The molecule has 1 heterocycles. The van der Waals surface area contributed by atoms with Crippen LogP contribution in [0.1, 0.15) is 25.7 Å². The van der Waals surface area contributed by atoms with E-state index < -0.39 is 17.5 Å². The van der Waals surface area contributed by atoms with E-state index in [1.165, 1.54) is 0 Å². The van der Waals surface area contributed by atoms with Gasteiger partial charge in [0.15, 0.2) is 5.54 Å². The highest BCUT2D eigenvalue weighted by Crippen LogP contribution is 2.19. The first-order chi connectivity index (χ1) is 9.52. The van der Waals surface area contributed by atoms with Gasteiger partial charge in [0.2, 0.25) is 5.91 Å². The normalized spacial score (nSPS) is 25.0. The van der Waals surface area contributed by atoms with Crippen molar-refractivity contribution in [1.82, 2.24) is 16.0 Å². The second kappa shape index (κ2) is 6.08. The van der Waals surface area contributed by atoms with E-state index in [0.717, 1.165) is 12.8 Å². The lowest BCUT2D eigenvalue weighted by Crippen LogP contribution is -2.57. The molecule has 1 aliphatic carbocycles. The minimum atomic E-state index is -1.36. The first kappa shape index (κ1) is 14.6. The van der Waals surface area contributed by atoms with Crippen molar-refractivity contribution in [1.29, 1.82) is 0 Å². The summed E-state index contributed by atoms with van der Waals surface area (Å²) in [5.41, 5.74) is -1.36. The molecule has 0 aromatic heterocycles. The van der Waals surface area contributed by atoms with Gasteiger partial charge in [0.05, 0.1) is 6.61 Å². The van der Waals surface area contributed by atoms with Crippen LogP contribution in [0.15, 0.2) is 0 Å². The van der Waals surface area contributed by atoms with Crippen molar-refractivity contribution >= 4 is 17.9 Å². The van der Waals surface area contributed by atoms with Gasteiger partial charge in [-0.25, -0.2) is 9.59 Å². The maximum absolute atomic E-state index is 11.7. The van der Waals surface area contributed by atoms with E-state index in [1.807, 2.05) is 0 Å². The Morgan fingerprint density at radius 3 is 2.60 bits per heavy atom. The van der Waals surface area contributed by atoms with Crippen LogP contribution in [0.5, 0.6) is 0 Å². The molecule has 3 amide bonds. The third kappa shape index (κ3) is 3.83. The maximum Gasteiger partial charge on any atom is 0.332 e. The number of nitrogens with one attached hydrogen (secondary N) is 3. The van der Waals surface area contributed by atoms with Gasteiger partial charge in [0, 0.05) is 32.0 Å². The molecule has 0 bridgehead atoms. The lowest BCUT2D eigenvalue weighted by atomic mass is 9.99. The van der Waals surface area contributed by atoms with E-state index in [-0.39, 0.29) is 31.9 Å². The number of carboxylic acids is 1. The fourth-order valence-corrected chi connectivity index (χ4v) is 1.96. The molecule has 1 atom stereocenters. The predicted molar refractivity (Wildman–Crippen MR) is 68.1 cm³/mol. The number of ether oxygens (including phenoxy) is 1. The van der Waals surface area contributed by atoms with E-state index in [1.54, 1.807) is 0 Å². The van der Waals surface area contributed by atoms with Crippen molar-refractivity contribution in [2.45, 2.75) is 37.3 Å². The number of hydrogen-bond donors (Lipinski definition) is 4. The largest absolute Gasteiger partial charge is 0.479 e. The molecule has 1 unspecified atom stereocenters. The standard InChI is InChI=1S/C12H19N3O5/c16-9(14-8-1-2-8)3-5-13-11(19)15-12(10(17)18)4-6-20-7-12/h8H,1-7H2,(H,14,16)(H,17,18)(H2,13,15,19). The Hall–Kier alpha value is -1.83. The lowest BCUT2D eigenvalue weighted by molar-refractivity contribution is -0.144. The van der Waals surface area contributed by atoms with Crippen LogP contribution in [0.3, 0.4) is 0 Å². The highest BCUT2D eigenvalue weighted by atomic mass is 16.5. The zero-order valence-electron chi connectivity index (χ0n) is 11.1. The number of carbonyl (C=O) groups is 3. The van der Waals surface area contributed by atoms with Crippen LogP contribution in [0, 0.1) is 0 Å². The number of carboxylic acid groups (broad SMARTS) is 1. The first-order valence-electron chi connectivity index (χ1n) is 6.68. The van der Waals surface area contributed by atoms with Gasteiger partial charge in [-0.1, -0.05) is 0 Å². The molecule has 2 rings (SSSR count). The Morgan fingerprint density at radius 1 is 1.30 bits per heavy atom. The van der Waals surface area contributed by atoms with Crippen molar-refractivity contribution < 1.29 is 24.2 Å². The van der Waals surface area contributed by atoms with Crippen molar-refractivity contribution in [3.8, 4) is 0 Å². The fraction of sp³-hybridized carbons (Fsp3) is 0.750. The third-order valence-electron chi connectivity index (χ3n) is 3.36. The summed E-state index contributed by atoms with van der Waals surface area (Å²) in [5, 5.41) is 16.8. The molecular weight excluding hydrogens is 266 g/mol. The maximum atomic E-state index is 11.7. The fourth-order valence-electron chi connectivity index (χ4n) is 1.96. The summed E-state index contributed by atoms with van der Waals surface area (Å²) in [6.45, 7) is 0.426. The van der Waals surface area contributed by atoms with Gasteiger partial charge in [-0.2, -0.15) is 0 Å². The molecule has 1 saturated heterocycles. The van der Waals surface area contributed by atoms with Gasteiger partial charge >= 0.3 is 12.0 Å². The van der Waals surface area contributed by atoms with Gasteiger partial charge in [-0.05, 0) is 12.8 Å². The van der Waals surface area contributed by atoms with Gasteiger partial charge in [-0.3, -0.25) is 4.79 Å². The summed E-state index contributed by atoms with van der Waals surface area (Å²) in [6, 6.07) is -0.306. The molecular formula is C12H19N3O5.